The van der Waals surface area contributed by atoms with Gasteiger partial charge in [-0.1, -0.05) is 11.6 Å². The number of methoxy groups -OCH3 is 1. The number of hydrogen-bond acceptors (Lipinski definition) is 5. The minimum Gasteiger partial charge on any atom is -0.495 e. The second-order valence-corrected chi connectivity index (χ2v) is 5.06. The van der Waals surface area contributed by atoms with E-state index in [9.17, 15) is 4.79 Å². The van der Waals surface area contributed by atoms with Crippen LogP contribution in [0.3, 0.4) is 0 Å². The van der Waals surface area contributed by atoms with Crippen molar-refractivity contribution in [3.05, 3.63) is 40.7 Å². The maximum atomic E-state index is 12.6. The summed E-state index contributed by atoms with van der Waals surface area (Å²) in [5.74, 6) is 0.717. The first-order valence-electron chi connectivity index (χ1n) is 6.61. The van der Waals surface area contributed by atoms with Crippen LogP contribution in [-0.2, 0) is 0 Å². The normalized spacial score (nSPS) is 10.2. The number of carbonyl (C=O) groups excluding carboxylic acids is 1. The standard InChI is InChI=1S/C15H17ClN4O2/c1-9-7-12(19-15(17-2)18-9)14(21)20(3)10-5-6-13(22-4)11(16)8-10/h5-8H,1-4H3,(H,17,18,19). The van der Waals surface area contributed by atoms with E-state index in [1.807, 2.05) is 6.92 Å². The molecule has 0 unspecified atom stereocenters. The third-order valence-electron chi connectivity index (χ3n) is 3.12. The Bertz CT molecular complexity index is 706. The van der Waals surface area contributed by atoms with Crippen molar-refractivity contribution in [3.8, 4) is 5.75 Å². The Balaban J connectivity index is 2.32. The molecule has 2 aromatic rings. The summed E-state index contributed by atoms with van der Waals surface area (Å²) < 4.78 is 5.11. The average molecular weight is 321 g/mol. The Morgan fingerprint density at radius 3 is 2.64 bits per heavy atom. The number of nitrogens with one attached hydrogen (secondary N) is 1. The van der Waals surface area contributed by atoms with Crippen molar-refractivity contribution in [3.63, 3.8) is 0 Å². The molecule has 1 heterocycles. The van der Waals surface area contributed by atoms with Crippen molar-refractivity contribution in [2.75, 3.05) is 31.4 Å². The zero-order valence-electron chi connectivity index (χ0n) is 12.8. The molecule has 1 aromatic carbocycles. The number of ether oxygens (including phenoxy) is 1. The van der Waals surface area contributed by atoms with Gasteiger partial charge in [-0.05, 0) is 31.2 Å². The molecule has 0 bridgehead atoms. The smallest absolute Gasteiger partial charge is 0.276 e. The molecule has 0 aliphatic carbocycles. The van der Waals surface area contributed by atoms with Crippen LogP contribution in [0.25, 0.3) is 0 Å². The van der Waals surface area contributed by atoms with E-state index in [1.165, 1.54) is 4.90 Å². The topological polar surface area (TPSA) is 67.4 Å². The zero-order valence-corrected chi connectivity index (χ0v) is 13.6. The van der Waals surface area contributed by atoms with E-state index in [0.717, 1.165) is 0 Å². The number of hydrogen-bond donors (Lipinski definition) is 1. The molecule has 0 aliphatic rings. The molecule has 0 saturated heterocycles. The van der Waals surface area contributed by atoms with Crippen LogP contribution in [0.15, 0.2) is 24.3 Å². The van der Waals surface area contributed by atoms with E-state index in [0.29, 0.717) is 33.8 Å². The SMILES string of the molecule is CNc1nc(C)cc(C(=O)N(C)c2ccc(OC)c(Cl)c2)n1. The molecule has 0 aliphatic heterocycles. The van der Waals surface area contributed by atoms with Crippen LogP contribution in [0.1, 0.15) is 16.2 Å². The second kappa shape index (κ2) is 6.62. The molecule has 0 radical (unpaired) electrons. The van der Waals surface area contributed by atoms with Crippen LogP contribution in [0.2, 0.25) is 5.02 Å². The molecule has 7 heteroatoms. The number of anilines is 2. The fraction of sp³-hybridized carbons (Fsp3) is 0.267. The van der Waals surface area contributed by atoms with E-state index < -0.39 is 0 Å². The molecule has 0 saturated carbocycles. The van der Waals surface area contributed by atoms with Crippen molar-refractivity contribution in [2.24, 2.45) is 0 Å². The average Bonchev–Trinajstić information content (AvgIpc) is 2.52. The first-order chi connectivity index (χ1) is 10.5. The maximum absolute atomic E-state index is 12.6. The van der Waals surface area contributed by atoms with Gasteiger partial charge < -0.3 is 15.0 Å². The first kappa shape index (κ1) is 16.0. The van der Waals surface area contributed by atoms with Gasteiger partial charge in [-0.25, -0.2) is 9.97 Å². The number of nitrogens with zero attached hydrogens (tertiary/aromatic N) is 3. The van der Waals surface area contributed by atoms with Gasteiger partial charge in [0.05, 0.1) is 12.1 Å². The highest BCUT2D eigenvalue weighted by Crippen LogP contribution is 2.29. The number of rotatable bonds is 4. The highest BCUT2D eigenvalue weighted by molar-refractivity contribution is 6.32. The van der Waals surface area contributed by atoms with Gasteiger partial charge in [0.2, 0.25) is 5.95 Å². The summed E-state index contributed by atoms with van der Waals surface area (Å²) in [5.41, 5.74) is 1.67. The molecule has 116 valence electrons. The Morgan fingerprint density at radius 2 is 2.05 bits per heavy atom. The zero-order chi connectivity index (χ0) is 16.3. The van der Waals surface area contributed by atoms with Crippen molar-refractivity contribution >= 4 is 29.1 Å². The van der Waals surface area contributed by atoms with E-state index in [4.69, 9.17) is 16.3 Å². The molecule has 0 fully saturated rings. The minimum absolute atomic E-state index is 0.247. The van der Waals surface area contributed by atoms with E-state index >= 15 is 0 Å². The van der Waals surface area contributed by atoms with Crippen molar-refractivity contribution < 1.29 is 9.53 Å². The summed E-state index contributed by atoms with van der Waals surface area (Å²) >= 11 is 6.10. The van der Waals surface area contributed by atoms with E-state index in [1.54, 1.807) is 45.5 Å². The number of aromatic nitrogens is 2. The van der Waals surface area contributed by atoms with Crippen molar-refractivity contribution in [1.29, 1.82) is 0 Å². The van der Waals surface area contributed by atoms with Gasteiger partial charge in [0.1, 0.15) is 11.4 Å². The van der Waals surface area contributed by atoms with Crippen LogP contribution in [0.5, 0.6) is 5.75 Å². The summed E-state index contributed by atoms with van der Waals surface area (Å²) in [6, 6.07) is 6.79. The third-order valence-corrected chi connectivity index (χ3v) is 3.42. The molecule has 1 aromatic heterocycles. The molecular weight excluding hydrogens is 304 g/mol. The lowest BCUT2D eigenvalue weighted by molar-refractivity contribution is 0.0988. The van der Waals surface area contributed by atoms with Crippen LogP contribution in [0, 0.1) is 6.92 Å². The number of aryl methyl sites for hydroxylation is 1. The predicted octanol–water partition coefficient (Wildman–Crippen LogP) is 2.77. The number of amides is 1. The summed E-state index contributed by atoms with van der Waals surface area (Å²) in [7, 11) is 4.91. The molecular formula is C15H17ClN4O2. The molecule has 0 atom stereocenters. The van der Waals surface area contributed by atoms with Crippen LogP contribution < -0.4 is 15.0 Å². The third kappa shape index (κ3) is 3.28. The molecule has 22 heavy (non-hydrogen) atoms. The minimum atomic E-state index is -0.247. The number of benzene rings is 1. The predicted molar refractivity (Wildman–Crippen MR) is 87.1 cm³/mol. The largest absolute Gasteiger partial charge is 0.495 e. The highest BCUT2D eigenvalue weighted by atomic mass is 35.5. The number of halogens is 1. The summed E-state index contributed by atoms with van der Waals surface area (Å²) in [5, 5.41) is 3.27. The van der Waals surface area contributed by atoms with Crippen LogP contribution in [0.4, 0.5) is 11.6 Å². The Kier molecular flexibility index (Phi) is 4.82. The van der Waals surface area contributed by atoms with Crippen molar-refractivity contribution in [1.82, 2.24) is 9.97 Å². The molecule has 2 rings (SSSR count). The molecule has 6 nitrogen and oxygen atoms in total. The van der Waals surface area contributed by atoms with Gasteiger partial charge in [0, 0.05) is 25.5 Å². The Hall–Kier alpha value is -2.34. The van der Waals surface area contributed by atoms with Crippen LogP contribution >= 0.6 is 11.6 Å². The van der Waals surface area contributed by atoms with E-state index in [2.05, 4.69) is 15.3 Å². The fourth-order valence-electron chi connectivity index (χ4n) is 1.94. The van der Waals surface area contributed by atoms with Crippen molar-refractivity contribution in [2.45, 2.75) is 6.92 Å². The Morgan fingerprint density at radius 1 is 1.32 bits per heavy atom. The van der Waals surface area contributed by atoms with Gasteiger partial charge in [-0.15, -0.1) is 0 Å². The number of carbonyl (C=O) groups is 1. The maximum Gasteiger partial charge on any atom is 0.276 e. The highest BCUT2D eigenvalue weighted by Gasteiger charge is 2.17. The molecule has 1 N–H and O–H groups in total. The summed E-state index contributed by atoms with van der Waals surface area (Å²) in [6.45, 7) is 1.81. The monoisotopic (exact) mass is 320 g/mol. The van der Waals surface area contributed by atoms with Gasteiger partial charge >= 0.3 is 0 Å². The quantitative estimate of drug-likeness (QED) is 0.938. The lowest BCUT2D eigenvalue weighted by atomic mass is 10.2. The lowest BCUT2D eigenvalue weighted by Crippen LogP contribution is -2.27. The Labute approximate surface area is 134 Å². The van der Waals surface area contributed by atoms with Gasteiger partial charge in [0.15, 0.2) is 0 Å². The summed E-state index contributed by atoms with van der Waals surface area (Å²) in [4.78, 5) is 22.4. The van der Waals surface area contributed by atoms with Gasteiger partial charge in [-0.3, -0.25) is 4.79 Å². The van der Waals surface area contributed by atoms with Crippen LogP contribution in [-0.4, -0.2) is 37.1 Å². The lowest BCUT2D eigenvalue weighted by Gasteiger charge is -2.18. The fourth-order valence-corrected chi connectivity index (χ4v) is 2.19. The summed E-state index contributed by atoms with van der Waals surface area (Å²) in [6.07, 6.45) is 0. The van der Waals surface area contributed by atoms with E-state index in [-0.39, 0.29) is 5.91 Å². The molecule has 0 spiro atoms. The molecule has 1 amide bonds. The van der Waals surface area contributed by atoms with Gasteiger partial charge in [-0.2, -0.15) is 0 Å². The second-order valence-electron chi connectivity index (χ2n) is 4.65. The first-order valence-corrected chi connectivity index (χ1v) is 6.99. The van der Waals surface area contributed by atoms with Gasteiger partial charge in [0.25, 0.3) is 5.91 Å².